The number of nitrogens with zero attached hydrogens (tertiary/aromatic N) is 1. The van der Waals surface area contributed by atoms with Crippen molar-refractivity contribution >= 4 is 23.1 Å². The third-order valence-corrected chi connectivity index (χ3v) is 4.61. The van der Waals surface area contributed by atoms with E-state index in [0.29, 0.717) is 5.82 Å². The maximum Gasteiger partial charge on any atom is 0.266 e. The molecule has 3 nitrogen and oxygen atoms in total. The van der Waals surface area contributed by atoms with Crippen LogP contribution in [-0.2, 0) is 12.8 Å². The Balaban J connectivity index is 1.78. The Labute approximate surface area is 116 Å². The highest BCUT2D eigenvalue weighted by Gasteiger charge is 2.17. The number of nitrogens with one attached hydrogen (secondary N) is 1. The summed E-state index contributed by atoms with van der Waals surface area (Å²) in [5, 5.41) is 2.87. The van der Waals surface area contributed by atoms with Gasteiger partial charge in [0.25, 0.3) is 5.91 Å². The number of hydrogen-bond donors (Lipinski definition) is 1. The molecule has 19 heavy (non-hydrogen) atoms. The highest BCUT2D eigenvalue weighted by molar-refractivity contribution is 7.14. The van der Waals surface area contributed by atoms with Gasteiger partial charge in [-0.2, -0.15) is 0 Å². The molecule has 2 aromatic heterocycles. The summed E-state index contributed by atoms with van der Waals surface area (Å²) in [7, 11) is 0. The number of thiophene rings is 1. The molecule has 0 aromatic carbocycles. The highest BCUT2D eigenvalue weighted by atomic mass is 32.1. The molecule has 0 fully saturated rings. The van der Waals surface area contributed by atoms with Gasteiger partial charge >= 0.3 is 0 Å². The standard InChI is InChI=1S/C15H16N2OS/c1-10-6-7-16-14(8-10)17-15(18)13-9-11-4-2-3-5-12(11)19-13/h6-9H,2-5H2,1H3,(H,16,17,18). The molecule has 0 radical (unpaired) electrons. The van der Waals surface area contributed by atoms with E-state index in [2.05, 4.69) is 10.3 Å². The minimum absolute atomic E-state index is 0.0440. The van der Waals surface area contributed by atoms with E-state index < -0.39 is 0 Å². The van der Waals surface area contributed by atoms with Crippen LogP contribution >= 0.6 is 11.3 Å². The number of pyridine rings is 1. The molecule has 4 heteroatoms. The molecule has 2 heterocycles. The average Bonchev–Trinajstić information content (AvgIpc) is 2.82. The number of anilines is 1. The predicted octanol–water partition coefficient (Wildman–Crippen LogP) is 3.58. The summed E-state index contributed by atoms with van der Waals surface area (Å²) in [5.41, 5.74) is 2.45. The van der Waals surface area contributed by atoms with Crippen molar-refractivity contribution in [2.24, 2.45) is 0 Å². The van der Waals surface area contributed by atoms with Crippen LogP contribution in [-0.4, -0.2) is 10.9 Å². The van der Waals surface area contributed by atoms with Gasteiger partial charge in [0.05, 0.1) is 4.88 Å². The number of rotatable bonds is 2. The first-order valence-corrected chi connectivity index (χ1v) is 7.39. The minimum atomic E-state index is -0.0440. The molecule has 1 aliphatic rings. The molecular weight excluding hydrogens is 256 g/mol. The lowest BCUT2D eigenvalue weighted by Gasteiger charge is -2.08. The van der Waals surface area contributed by atoms with Gasteiger partial charge in [0.15, 0.2) is 0 Å². The lowest BCUT2D eigenvalue weighted by Crippen LogP contribution is -2.11. The number of amides is 1. The third-order valence-electron chi connectivity index (χ3n) is 3.38. The topological polar surface area (TPSA) is 42.0 Å². The Kier molecular flexibility index (Phi) is 3.34. The molecule has 1 aliphatic carbocycles. The van der Waals surface area contributed by atoms with Crippen LogP contribution in [0.3, 0.4) is 0 Å². The summed E-state index contributed by atoms with van der Waals surface area (Å²) in [5.74, 6) is 0.578. The largest absolute Gasteiger partial charge is 0.306 e. The van der Waals surface area contributed by atoms with Crippen LogP contribution in [0, 0.1) is 6.92 Å². The summed E-state index contributed by atoms with van der Waals surface area (Å²) in [6.07, 6.45) is 6.43. The molecule has 3 rings (SSSR count). The minimum Gasteiger partial charge on any atom is -0.306 e. The monoisotopic (exact) mass is 272 g/mol. The van der Waals surface area contributed by atoms with Crippen LogP contribution in [0.2, 0.25) is 0 Å². The number of carbonyl (C=O) groups excluding carboxylic acids is 1. The number of aryl methyl sites for hydroxylation is 3. The average molecular weight is 272 g/mol. The molecule has 0 saturated heterocycles. The molecule has 0 unspecified atom stereocenters. The Hall–Kier alpha value is -1.68. The van der Waals surface area contributed by atoms with Gasteiger partial charge in [0.1, 0.15) is 5.82 Å². The molecular formula is C15H16N2OS. The smallest absolute Gasteiger partial charge is 0.266 e. The molecule has 0 saturated carbocycles. The first-order valence-electron chi connectivity index (χ1n) is 6.58. The van der Waals surface area contributed by atoms with Gasteiger partial charge in [-0.15, -0.1) is 11.3 Å². The van der Waals surface area contributed by atoms with Gasteiger partial charge < -0.3 is 5.32 Å². The second-order valence-electron chi connectivity index (χ2n) is 4.94. The Morgan fingerprint density at radius 1 is 1.32 bits per heavy atom. The number of carbonyl (C=O) groups is 1. The van der Waals surface area contributed by atoms with Crippen molar-refractivity contribution in [3.8, 4) is 0 Å². The molecule has 1 N–H and O–H groups in total. The lowest BCUT2D eigenvalue weighted by molar-refractivity contribution is 0.103. The van der Waals surface area contributed by atoms with Crippen molar-refractivity contribution in [1.82, 2.24) is 4.98 Å². The van der Waals surface area contributed by atoms with Crippen molar-refractivity contribution in [2.75, 3.05) is 5.32 Å². The normalized spacial score (nSPS) is 13.9. The Morgan fingerprint density at radius 3 is 2.95 bits per heavy atom. The van der Waals surface area contributed by atoms with Crippen molar-refractivity contribution in [3.05, 3.63) is 45.3 Å². The van der Waals surface area contributed by atoms with E-state index in [1.165, 1.54) is 23.3 Å². The summed E-state index contributed by atoms with van der Waals surface area (Å²) in [4.78, 5) is 18.5. The van der Waals surface area contributed by atoms with Crippen LogP contribution < -0.4 is 5.32 Å². The van der Waals surface area contributed by atoms with E-state index in [-0.39, 0.29) is 5.91 Å². The fourth-order valence-corrected chi connectivity index (χ4v) is 3.53. The lowest BCUT2D eigenvalue weighted by atomic mass is 9.99. The SMILES string of the molecule is Cc1ccnc(NC(=O)c2cc3c(s2)CCCC3)c1. The second-order valence-corrected chi connectivity index (χ2v) is 6.08. The summed E-state index contributed by atoms with van der Waals surface area (Å²) in [6.45, 7) is 1.99. The Bertz CT molecular complexity index is 595. The maximum atomic E-state index is 12.2. The zero-order chi connectivity index (χ0) is 13.2. The molecule has 0 aliphatic heterocycles. The van der Waals surface area contributed by atoms with E-state index in [9.17, 15) is 4.79 Å². The van der Waals surface area contributed by atoms with E-state index in [1.807, 2.05) is 25.1 Å². The van der Waals surface area contributed by atoms with Crippen LogP contribution in [0.15, 0.2) is 24.4 Å². The predicted molar refractivity (Wildman–Crippen MR) is 77.9 cm³/mol. The zero-order valence-corrected chi connectivity index (χ0v) is 11.7. The van der Waals surface area contributed by atoms with E-state index >= 15 is 0 Å². The van der Waals surface area contributed by atoms with Crippen molar-refractivity contribution < 1.29 is 4.79 Å². The van der Waals surface area contributed by atoms with E-state index in [0.717, 1.165) is 23.3 Å². The van der Waals surface area contributed by atoms with Gasteiger partial charge in [-0.1, -0.05) is 0 Å². The molecule has 0 spiro atoms. The number of aromatic nitrogens is 1. The zero-order valence-electron chi connectivity index (χ0n) is 10.9. The second kappa shape index (κ2) is 5.13. The molecule has 1 amide bonds. The van der Waals surface area contributed by atoms with Crippen LogP contribution in [0.4, 0.5) is 5.82 Å². The van der Waals surface area contributed by atoms with Gasteiger partial charge in [-0.05, 0) is 61.9 Å². The molecule has 98 valence electrons. The molecule has 2 aromatic rings. The Morgan fingerprint density at radius 2 is 2.16 bits per heavy atom. The molecule has 0 atom stereocenters. The van der Waals surface area contributed by atoms with E-state index in [1.54, 1.807) is 17.5 Å². The maximum absolute atomic E-state index is 12.2. The first kappa shape index (κ1) is 12.4. The highest BCUT2D eigenvalue weighted by Crippen LogP contribution is 2.29. The number of hydrogen-bond acceptors (Lipinski definition) is 3. The first-order chi connectivity index (χ1) is 9.22. The summed E-state index contributed by atoms with van der Waals surface area (Å²) >= 11 is 1.63. The van der Waals surface area contributed by atoms with Crippen LogP contribution in [0.1, 0.15) is 38.5 Å². The van der Waals surface area contributed by atoms with E-state index in [4.69, 9.17) is 0 Å². The van der Waals surface area contributed by atoms with Gasteiger partial charge in [-0.3, -0.25) is 4.79 Å². The van der Waals surface area contributed by atoms with Crippen LogP contribution in [0.5, 0.6) is 0 Å². The van der Waals surface area contributed by atoms with Gasteiger partial charge in [0, 0.05) is 11.1 Å². The van der Waals surface area contributed by atoms with Gasteiger partial charge in [-0.25, -0.2) is 4.98 Å². The van der Waals surface area contributed by atoms with Crippen molar-refractivity contribution in [2.45, 2.75) is 32.6 Å². The fraction of sp³-hybridized carbons (Fsp3) is 0.333. The summed E-state index contributed by atoms with van der Waals surface area (Å²) in [6, 6.07) is 5.84. The van der Waals surface area contributed by atoms with Crippen molar-refractivity contribution in [3.63, 3.8) is 0 Å². The van der Waals surface area contributed by atoms with Gasteiger partial charge in [0.2, 0.25) is 0 Å². The quantitative estimate of drug-likeness (QED) is 0.908. The summed E-state index contributed by atoms with van der Waals surface area (Å²) < 4.78 is 0. The third kappa shape index (κ3) is 2.68. The fourth-order valence-electron chi connectivity index (χ4n) is 2.39. The molecule has 0 bridgehead atoms. The van der Waals surface area contributed by atoms with Crippen molar-refractivity contribution in [1.29, 1.82) is 0 Å². The number of fused-ring (bicyclic) bond motifs is 1. The van der Waals surface area contributed by atoms with Crippen LogP contribution in [0.25, 0.3) is 0 Å².